The summed E-state index contributed by atoms with van der Waals surface area (Å²) in [6.45, 7) is 2.99. The highest BCUT2D eigenvalue weighted by Crippen LogP contribution is 2.20. The van der Waals surface area contributed by atoms with Crippen LogP contribution in [0.25, 0.3) is 0 Å². The van der Waals surface area contributed by atoms with Crippen LogP contribution in [-0.2, 0) is 4.74 Å². The highest BCUT2D eigenvalue weighted by atomic mass is 35.5. The third-order valence-electron chi connectivity index (χ3n) is 3.53. The summed E-state index contributed by atoms with van der Waals surface area (Å²) in [5.41, 5.74) is 1.65. The lowest BCUT2D eigenvalue weighted by Crippen LogP contribution is -2.36. The molecule has 1 fully saturated rings. The lowest BCUT2D eigenvalue weighted by molar-refractivity contribution is 0.102. The van der Waals surface area contributed by atoms with Crippen molar-refractivity contribution in [2.75, 3.05) is 36.5 Å². The van der Waals surface area contributed by atoms with Crippen LogP contribution in [0.4, 0.5) is 15.8 Å². The van der Waals surface area contributed by atoms with E-state index in [9.17, 15) is 9.18 Å². The number of aromatic nitrogens is 1. The fourth-order valence-corrected chi connectivity index (χ4v) is 2.48. The minimum atomic E-state index is -0.530. The highest BCUT2D eigenvalue weighted by molar-refractivity contribution is 6.31. The summed E-state index contributed by atoms with van der Waals surface area (Å²) in [6.07, 6.45) is 1.66. The first-order valence-electron chi connectivity index (χ1n) is 7.18. The van der Waals surface area contributed by atoms with Crippen LogP contribution in [0.1, 0.15) is 10.5 Å². The van der Waals surface area contributed by atoms with Crippen LogP contribution in [0.2, 0.25) is 5.02 Å². The number of benzene rings is 1. The Morgan fingerprint density at radius 2 is 2.04 bits per heavy atom. The van der Waals surface area contributed by atoms with Gasteiger partial charge in [0.1, 0.15) is 11.5 Å². The number of nitrogens with one attached hydrogen (secondary N) is 1. The first-order chi connectivity index (χ1) is 11.1. The second-order valence-corrected chi connectivity index (χ2v) is 5.49. The molecule has 2 heterocycles. The zero-order valence-corrected chi connectivity index (χ0v) is 13.0. The maximum Gasteiger partial charge on any atom is 0.274 e. The number of hydrogen-bond donors (Lipinski definition) is 1. The van der Waals surface area contributed by atoms with Gasteiger partial charge in [0.25, 0.3) is 5.91 Å². The van der Waals surface area contributed by atoms with Crippen molar-refractivity contribution in [3.8, 4) is 0 Å². The zero-order chi connectivity index (χ0) is 16.2. The van der Waals surface area contributed by atoms with Crippen LogP contribution in [0.15, 0.2) is 36.5 Å². The minimum Gasteiger partial charge on any atom is -0.378 e. The highest BCUT2D eigenvalue weighted by Gasteiger charge is 2.13. The maximum atomic E-state index is 13.1. The Kier molecular flexibility index (Phi) is 4.73. The van der Waals surface area contributed by atoms with E-state index in [1.807, 2.05) is 6.07 Å². The largest absolute Gasteiger partial charge is 0.378 e. The molecular formula is C16H15ClFN3O2. The molecule has 1 aliphatic rings. The third-order valence-corrected chi connectivity index (χ3v) is 3.82. The standard InChI is InChI=1S/C16H15ClFN3O2/c17-13-9-11(1-3-14(13)18)20-16(22)15-4-2-12(10-19-15)21-5-7-23-8-6-21/h1-4,9-10H,5-8H2,(H,20,22). The van der Waals surface area contributed by atoms with Crippen LogP contribution < -0.4 is 10.2 Å². The molecule has 0 saturated carbocycles. The van der Waals surface area contributed by atoms with Gasteiger partial charge in [-0.2, -0.15) is 0 Å². The SMILES string of the molecule is O=C(Nc1ccc(F)c(Cl)c1)c1ccc(N2CCOCC2)cn1. The molecule has 1 aliphatic heterocycles. The van der Waals surface area contributed by atoms with E-state index in [4.69, 9.17) is 16.3 Å². The number of amides is 1. The molecule has 23 heavy (non-hydrogen) atoms. The second-order valence-electron chi connectivity index (χ2n) is 5.08. The molecule has 1 aromatic carbocycles. The van der Waals surface area contributed by atoms with Crippen molar-refractivity contribution in [1.82, 2.24) is 4.98 Å². The quantitative estimate of drug-likeness (QED) is 0.937. The molecule has 0 bridgehead atoms. The van der Waals surface area contributed by atoms with E-state index in [0.29, 0.717) is 18.9 Å². The minimum absolute atomic E-state index is 0.0431. The summed E-state index contributed by atoms with van der Waals surface area (Å²) in [5, 5.41) is 2.60. The van der Waals surface area contributed by atoms with Crippen LogP contribution in [0.5, 0.6) is 0 Å². The van der Waals surface area contributed by atoms with E-state index < -0.39 is 5.82 Å². The Morgan fingerprint density at radius 3 is 2.70 bits per heavy atom. The molecule has 1 N–H and O–H groups in total. The lowest BCUT2D eigenvalue weighted by atomic mass is 10.2. The molecule has 0 atom stereocenters. The number of nitrogens with zero attached hydrogens (tertiary/aromatic N) is 2. The fraction of sp³-hybridized carbons (Fsp3) is 0.250. The van der Waals surface area contributed by atoms with E-state index in [2.05, 4.69) is 15.2 Å². The molecule has 1 amide bonds. The van der Waals surface area contributed by atoms with Gasteiger partial charge < -0.3 is 15.0 Å². The summed E-state index contributed by atoms with van der Waals surface area (Å²) in [5.74, 6) is -0.904. The maximum absolute atomic E-state index is 13.1. The van der Waals surface area contributed by atoms with Gasteiger partial charge in [0, 0.05) is 18.8 Å². The van der Waals surface area contributed by atoms with E-state index in [1.54, 1.807) is 12.3 Å². The zero-order valence-electron chi connectivity index (χ0n) is 12.3. The molecule has 1 saturated heterocycles. The first-order valence-corrected chi connectivity index (χ1v) is 7.56. The average molecular weight is 336 g/mol. The predicted molar refractivity (Wildman–Crippen MR) is 86.6 cm³/mol. The van der Waals surface area contributed by atoms with E-state index in [-0.39, 0.29) is 16.6 Å². The van der Waals surface area contributed by atoms with Crippen LogP contribution in [0, 0.1) is 5.82 Å². The summed E-state index contributed by atoms with van der Waals surface area (Å²) >= 11 is 5.69. The number of halogens is 2. The number of carbonyl (C=O) groups is 1. The van der Waals surface area contributed by atoms with Gasteiger partial charge in [-0.3, -0.25) is 4.79 Å². The van der Waals surface area contributed by atoms with E-state index in [1.165, 1.54) is 18.2 Å². The van der Waals surface area contributed by atoms with Gasteiger partial charge in [0.15, 0.2) is 0 Å². The smallest absolute Gasteiger partial charge is 0.274 e. The monoisotopic (exact) mass is 335 g/mol. The van der Waals surface area contributed by atoms with Crippen LogP contribution in [0.3, 0.4) is 0 Å². The number of ether oxygens (including phenoxy) is 1. The van der Waals surface area contributed by atoms with Crippen molar-refractivity contribution >= 4 is 28.9 Å². The van der Waals surface area contributed by atoms with Crippen molar-refractivity contribution in [2.45, 2.75) is 0 Å². The molecule has 120 valence electrons. The molecule has 0 spiro atoms. The average Bonchev–Trinajstić information content (AvgIpc) is 2.59. The molecule has 1 aromatic heterocycles. The normalized spacial score (nSPS) is 14.6. The second kappa shape index (κ2) is 6.93. The molecule has 5 nitrogen and oxygen atoms in total. The summed E-state index contributed by atoms with van der Waals surface area (Å²) in [7, 11) is 0. The van der Waals surface area contributed by atoms with Gasteiger partial charge in [-0.05, 0) is 30.3 Å². The fourth-order valence-electron chi connectivity index (χ4n) is 2.30. The Bertz CT molecular complexity index is 703. The number of anilines is 2. The van der Waals surface area contributed by atoms with Gasteiger partial charge in [-0.25, -0.2) is 9.37 Å². The number of hydrogen-bond acceptors (Lipinski definition) is 4. The molecule has 7 heteroatoms. The Hall–Kier alpha value is -2.18. The number of pyridine rings is 1. The Balaban J connectivity index is 1.68. The topological polar surface area (TPSA) is 54.5 Å². The molecule has 0 radical (unpaired) electrons. The predicted octanol–water partition coefficient (Wildman–Crippen LogP) is 2.96. The van der Waals surface area contributed by atoms with E-state index >= 15 is 0 Å². The first kappa shape index (κ1) is 15.7. The van der Waals surface area contributed by atoms with Crippen molar-refractivity contribution < 1.29 is 13.9 Å². The summed E-state index contributed by atoms with van der Waals surface area (Å²) < 4.78 is 18.4. The Labute approximate surface area is 138 Å². The molecule has 2 aromatic rings. The third kappa shape index (κ3) is 3.78. The van der Waals surface area contributed by atoms with Crippen LogP contribution >= 0.6 is 11.6 Å². The Morgan fingerprint density at radius 1 is 1.26 bits per heavy atom. The van der Waals surface area contributed by atoms with Gasteiger partial charge in [0.2, 0.25) is 0 Å². The molecule has 0 aliphatic carbocycles. The molecule has 0 unspecified atom stereocenters. The number of rotatable bonds is 3. The van der Waals surface area contributed by atoms with Crippen molar-refractivity contribution in [1.29, 1.82) is 0 Å². The van der Waals surface area contributed by atoms with Gasteiger partial charge >= 0.3 is 0 Å². The van der Waals surface area contributed by atoms with Crippen molar-refractivity contribution in [3.05, 3.63) is 53.1 Å². The van der Waals surface area contributed by atoms with Gasteiger partial charge in [-0.1, -0.05) is 11.6 Å². The van der Waals surface area contributed by atoms with E-state index in [0.717, 1.165) is 18.8 Å². The van der Waals surface area contributed by atoms with Crippen molar-refractivity contribution in [3.63, 3.8) is 0 Å². The molecule has 3 rings (SSSR count). The van der Waals surface area contributed by atoms with Gasteiger partial charge in [0.05, 0.1) is 30.1 Å². The molecular weight excluding hydrogens is 321 g/mol. The summed E-state index contributed by atoms with van der Waals surface area (Å²) in [6, 6.07) is 7.52. The number of morpholine rings is 1. The lowest BCUT2D eigenvalue weighted by Gasteiger charge is -2.28. The van der Waals surface area contributed by atoms with Gasteiger partial charge in [-0.15, -0.1) is 0 Å². The van der Waals surface area contributed by atoms with Crippen LogP contribution in [-0.4, -0.2) is 37.2 Å². The van der Waals surface area contributed by atoms with Crippen molar-refractivity contribution in [2.24, 2.45) is 0 Å². The summed E-state index contributed by atoms with van der Waals surface area (Å²) in [4.78, 5) is 18.5. The number of carbonyl (C=O) groups excluding carboxylic acids is 1.